The summed E-state index contributed by atoms with van der Waals surface area (Å²) in [6.45, 7) is 3.66. The van der Waals surface area contributed by atoms with Crippen molar-refractivity contribution >= 4 is 21.6 Å². The van der Waals surface area contributed by atoms with Crippen LogP contribution in [0, 0.1) is 0 Å². The molecule has 140 valence electrons. The number of sulfonamides is 1. The number of aromatic nitrogens is 1. The summed E-state index contributed by atoms with van der Waals surface area (Å²) < 4.78 is 31.3. The summed E-state index contributed by atoms with van der Waals surface area (Å²) in [4.78, 5) is 16.2. The summed E-state index contributed by atoms with van der Waals surface area (Å²) in [6.07, 6.45) is 4.20. The average molecular weight is 377 g/mol. The van der Waals surface area contributed by atoms with Gasteiger partial charge in [-0.3, -0.25) is 14.1 Å². The Balaban J connectivity index is 2.17. The van der Waals surface area contributed by atoms with Gasteiger partial charge in [-0.2, -0.15) is 0 Å². The molecule has 0 bridgehead atoms. The Kier molecular flexibility index (Phi) is 6.57. The highest BCUT2D eigenvalue weighted by Gasteiger charge is 2.24. The molecular formula is C18H23N3O4S. The maximum Gasteiger partial charge on any atom is 0.241 e. The smallest absolute Gasteiger partial charge is 0.241 e. The van der Waals surface area contributed by atoms with Gasteiger partial charge in [-0.1, -0.05) is 12.1 Å². The molecule has 7 nitrogen and oxygen atoms in total. The molecular weight excluding hydrogens is 354 g/mol. The van der Waals surface area contributed by atoms with Crippen molar-refractivity contribution in [2.75, 3.05) is 17.1 Å². The summed E-state index contributed by atoms with van der Waals surface area (Å²) >= 11 is 0. The van der Waals surface area contributed by atoms with Gasteiger partial charge < -0.3 is 10.1 Å². The number of hydrogen-bond acceptors (Lipinski definition) is 5. The maximum atomic E-state index is 12.3. The molecule has 26 heavy (non-hydrogen) atoms. The van der Waals surface area contributed by atoms with Crippen LogP contribution >= 0.6 is 0 Å². The highest BCUT2D eigenvalue weighted by atomic mass is 32.2. The van der Waals surface area contributed by atoms with Crippen LogP contribution in [0.3, 0.4) is 0 Å². The van der Waals surface area contributed by atoms with Gasteiger partial charge in [0.25, 0.3) is 0 Å². The molecule has 1 heterocycles. The number of ether oxygens (including phenoxy) is 1. The number of rotatable bonds is 8. The molecule has 0 aliphatic heterocycles. The zero-order valence-corrected chi connectivity index (χ0v) is 15.9. The largest absolute Gasteiger partial charge is 0.489 e. The quantitative estimate of drug-likeness (QED) is 0.760. The molecule has 1 aromatic heterocycles. The molecule has 0 unspecified atom stereocenters. The molecule has 2 rings (SSSR count). The van der Waals surface area contributed by atoms with Crippen molar-refractivity contribution in [1.29, 1.82) is 0 Å². The first-order chi connectivity index (χ1) is 12.3. The number of carbonyl (C=O) groups is 1. The Bertz CT molecular complexity index is 839. The van der Waals surface area contributed by atoms with Gasteiger partial charge in [0.05, 0.1) is 18.0 Å². The number of nitrogens with one attached hydrogen (secondary N) is 1. The molecule has 1 aromatic carbocycles. The van der Waals surface area contributed by atoms with E-state index < -0.39 is 15.9 Å². The fourth-order valence-electron chi connectivity index (χ4n) is 2.29. The van der Waals surface area contributed by atoms with Gasteiger partial charge in [-0.15, -0.1) is 0 Å². The Morgan fingerprint density at radius 3 is 2.46 bits per heavy atom. The monoisotopic (exact) mass is 377 g/mol. The first-order valence-corrected chi connectivity index (χ1v) is 10.0. The minimum absolute atomic E-state index is 0.127. The minimum atomic E-state index is -3.67. The molecule has 0 saturated heterocycles. The predicted octanol–water partition coefficient (Wildman–Crippen LogP) is 1.95. The van der Waals surface area contributed by atoms with Crippen LogP contribution in [0.2, 0.25) is 0 Å². The number of carbonyl (C=O) groups excluding carboxylic acids is 1. The van der Waals surface area contributed by atoms with E-state index >= 15 is 0 Å². The summed E-state index contributed by atoms with van der Waals surface area (Å²) in [5, 5.41) is 2.72. The molecule has 0 aliphatic rings. The van der Waals surface area contributed by atoms with Crippen molar-refractivity contribution in [2.45, 2.75) is 26.5 Å². The predicted molar refractivity (Wildman–Crippen MR) is 100 cm³/mol. The summed E-state index contributed by atoms with van der Waals surface area (Å²) in [7, 11) is -3.67. The van der Waals surface area contributed by atoms with E-state index in [4.69, 9.17) is 4.74 Å². The Labute approximate surface area is 154 Å². The van der Waals surface area contributed by atoms with Crippen LogP contribution in [0.1, 0.15) is 19.4 Å². The molecule has 0 saturated carbocycles. The highest BCUT2D eigenvalue weighted by molar-refractivity contribution is 7.92. The topological polar surface area (TPSA) is 88.6 Å². The number of amides is 1. The zero-order chi connectivity index (χ0) is 19.2. The van der Waals surface area contributed by atoms with Crippen molar-refractivity contribution in [3.05, 3.63) is 54.4 Å². The molecule has 0 aliphatic carbocycles. The van der Waals surface area contributed by atoms with Crippen LogP contribution in [0.4, 0.5) is 5.69 Å². The van der Waals surface area contributed by atoms with Gasteiger partial charge in [0.1, 0.15) is 12.3 Å². The van der Waals surface area contributed by atoms with Crippen LogP contribution in [-0.4, -0.2) is 38.2 Å². The van der Waals surface area contributed by atoms with Crippen molar-refractivity contribution < 1.29 is 17.9 Å². The van der Waals surface area contributed by atoms with E-state index in [1.54, 1.807) is 48.8 Å². The fourth-order valence-corrected chi connectivity index (χ4v) is 3.15. The van der Waals surface area contributed by atoms with Gasteiger partial charge in [-0.25, -0.2) is 8.42 Å². The minimum Gasteiger partial charge on any atom is -0.489 e. The first-order valence-electron chi connectivity index (χ1n) is 8.16. The third kappa shape index (κ3) is 5.73. The van der Waals surface area contributed by atoms with Gasteiger partial charge in [0.15, 0.2) is 0 Å². The lowest BCUT2D eigenvalue weighted by atomic mass is 10.2. The molecule has 0 radical (unpaired) electrons. The zero-order valence-electron chi connectivity index (χ0n) is 15.0. The van der Waals surface area contributed by atoms with Crippen LogP contribution in [0.25, 0.3) is 0 Å². The van der Waals surface area contributed by atoms with E-state index in [0.717, 1.165) is 16.1 Å². The van der Waals surface area contributed by atoms with Gasteiger partial charge in [-0.05, 0) is 43.7 Å². The number of nitrogens with zero attached hydrogens (tertiary/aromatic N) is 2. The highest BCUT2D eigenvalue weighted by Crippen LogP contribution is 2.30. The lowest BCUT2D eigenvalue weighted by Crippen LogP contribution is -2.40. The molecule has 0 spiro atoms. The number of pyridine rings is 1. The Morgan fingerprint density at radius 1 is 1.19 bits per heavy atom. The number of hydrogen-bond donors (Lipinski definition) is 1. The Morgan fingerprint density at radius 2 is 1.85 bits per heavy atom. The second kappa shape index (κ2) is 8.66. The van der Waals surface area contributed by atoms with Gasteiger partial charge >= 0.3 is 0 Å². The summed E-state index contributed by atoms with van der Waals surface area (Å²) in [5.41, 5.74) is 1.21. The molecule has 1 N–H and O–H groups in total. The third-order valence-corrected chi connectivity index (χ3v) is 4.55. The van der Waals surface area contributed by atoms with Crippen LogP contribution in [0.5, 0.6) is 5.75 Å². The standard InChI is InChI=1S/C18H23N3O4S/c1-14(2)25-17-7-5-4-6-16(17)21(26(3,23)24)13-18(22)20-12-15-8-10-19-11-9-15/h4-11,14H,12-13H2,1-3H3,(H,20,22). The number of anilines is 1. The molecule has 8 heteroatoms. The van der Waals surface area contributed by atoms with E-state index in [1.165, 1.54) is 0 Å². The number of benzene rings is 1. The normalized spacial score (nSPS) is 11.2. The molecule has 2 aromatic rings. The molecule has 0 atom stereocenters. The SMILES string of the molecule is CC(C)Oc1ccccc1N(CC(=O)NCc1ccncc1)S(C)(=O)=O. The second-order valence-electron chi connectivity index (χ2n) is 6.04. The second-order valence-corrected chi connectivity index (χ2v) is 7.94. The van der Waals surface area contributed by atoms with Crippen LogP contribution in [0.15, 0.2) is 48.8 Å². The lowest BCUT2D eigenvalue weighted by molar-refractivity contribution is -0.119. The first kappa shape index (κ1) is 19.7. The van der Waals surface area contributed by atoms with E-state index in [9.17, 15) is 13.2 Å². The van der Waals surface area contributed by atoms with Crippen LogP contribution in [-0.2, 0) is 21.4 Å². The van der Waals surface area contributed by atoms with Crippen molar-refractivity contribution in [2.24, 2.45) is 0 Å². The summed E-state index contributed by atoms with van der Waals surface area (Å²) in [5.74, 6) is 0.00134. The maximum absolute atomic E-state index is 12.3. The summed E-state index contributed by atoms with van der Waals surface area (Å²) in [6, 6.07) is 10.3. The van der Waals surface area contributed by atoms with E-state index in [0.29, 0.717) is 18.0 Å². The molecule has 0 fully saturated rings. The van der Waals surface area contributed by atoms with E-state index in [1.807, 2.05) is 13.8 Å². The molecule has 1 amide bonds. The van der Waals surface area contributed by atoms with E-state index in [-0.39, 0.29) is 12.6 Å². The van der Waals surface area contributed by atoms with Crippen molar-refractivity contribution in [3.63, 3.8) is 0 Å². The van der Waals surface area contributed by atoms with Gasteiger partial charge in [0, 0.05) is 18.9 Å². The van der Waals surface area contributed by atoms with Crippen molar-refractivity contribution in [1.82, 2.24) is 10.3 Å². The van der Waals surface area contributed by atoms with Crippen LogP contribution < -0.4 is 14.4 Å². The number of para-hydroxylation sites is 2. The lowest BCUT2D eigenvalue weighted by Gasteiger charge is -2.25. The fraction of sp³-hybridized carbons (Fsp3) is 0.333. The third-order valence-electron chi connectivity index (χ3n) is 3.42. The average Bonchev–Trinajstić information content (AvgIpc) is 2.58. The Hall–Kier alpha value is -2.61. The van der Waals surface area contributed by atoms with Crippen molar-refractivity contribution in [3.8, 4) is 5.75 Å². The van der Waals surface area contributed by atoms with E-state index in [2.05, 4.69) is 10.3 Å². The van der Waals surface area contributed by atoms with Gasteiger partial charge in [0.2, 0.25) is 15.9 Å².